The molecular weight excluding hydrogens is 334 g/mol. The molecule has 2 rings (SSSR count). The number of esters is 1. The van der Waals surface area contributed by atoms with Crippen molar-refractivity contribution < 1.29 is 23.8 Å². The van der Waals surface area contributed by atoms with Gasteiger partial charge in [-0.1, -0.05) is 18.2 Å². The zero-order valence-electron chi connectivity index (χ0n) is 15.2. The Hall–Kier alpha value is -3.02. The van der Waals surface area contributed by atoms with Gasteiger partial charge in [-0.05, 0) is 51.1 Å². The fourth-order valence-corrected chi connectivity index (χ4v) is 2.25. The van der Waals surface area contributed by atoms with Crippen LogP contribution in [0.2, 0.25) is 0 Å². The number of para-hydroxylation sites is 2. The van der Waals surface area contributed by atoms with Gasteiger partial charge in [0.25, 0.3) is 5.91 Å². The molecule has 1 N–H and O–H groups in total. The summed E-state index contributed by atoms with van der Waals surface area (Å²) in [6.07, 6.45) is -0.762. The molecule has 2 aromatic carbocycles. The molecule has 6 heteroatoms. The molecule has 26 heavy (non-hydrogen) atoms. The number of hydrogen-bond donors (Lipinski definition) is 1. The monoisotopic (exact) mass is 357 g/mol. The lowest BCUT2D eigenvalue weighted by atomic mass is 10.2. The Morgan fingerprint density at radius 1 is 1.04 bits per heavy atom. The number of carbonyl (C=O) groups excluding carboxylic acids is 2. The highest BCUT2D eigenvalue weighted by atomic mass is 16.5. The Morgan fingerprint density at radius 3 is 2.54 bits per heavy atom. The largest absolute Gasteiger partial charge is 0.492 e. The first-order chi connectivity index (χ1) is 12.5. The Kier molecular flexibility index (Phi) is 7.02. The van der Waals surface area contributed by atoms with Crippen molar-refractivity contribution in [3.63, 3.8) is 0 Å². The summed E-state index contributed by atoms with van der Waals surface area (Å²) in [6.45, 7) is 6.04. The van der Waals surface area contributed by atoms with Crippen molar-refractivity contribution in [3.05, 3.63) is 54.1 Å². The minimum absolute atomic E-state index is 0.294. The second-order valence-electron chi connectivity index (χ2n) is 5.43. The second-order valence-corrected chi connectivity index (χ2v) is 5.43. The van der Waals surface area contributed by atoms with Gasteiger partial charge in [0.2, 0.25) is 0 Å². The van der Waals surface area contributed by atoms with Crippen LogP contribution in [-0.2, 0) is 9.53 Å². The molecule has 1 unspecified atom stereocenters. The van der Waals surface area contributed by atoms with Gasteiger partial charge >= 0.3 is 5.97 Å². The third kappa shape index (κ3) is 5.24. The Bertz CT molecular complexity index is 759. The van der Waals surface area contributed by atoms with Crippen LogP contribution in [0.5, 0.6) is 11.5 Å². The average Bonchev–Trinajstić information content (AvgIpc) is 2.64. The summed E-state index contributed by atoms with van der Waals surface area (Å²) in [5.74, 6) is 0.260. The van der Waals surface area contributed by atoms with E-state index in [4.69, 9.17) is 14.2 Å². The van der Waals surface area contributed by atoms with Crippen LogP contribution in [0.15, 0.2) is 48.5 Å². The lowest BCUT2D eigenvalue weighted by molar-refractivity contribution is -0.122. The summed E-state index contributed by atoms with van der Waals surface area (Å²) < 4.78 is 16.1. The number of anilines is 1. The number of nitrogens with one attached hydrogen (secondary N) is 1. The number of amides is 1. The molecule has 0 aliphatic heterocycles. The Balaban J connectivity index is 2.03. The van der Waals surface area contributed by atoms with Gasteiger partial charge in [-0.25, -0.2) is 4.79 Å². The van der Waals surface area contributed by atoms with Crippen molar-refractivity contribution >= 4 is 17.6 Å². The lowest BCUT2D eigenvalue weighted by Gasteiger charge is -2.17. The molecule has 0 aliphatic carbocycles. The van der Waals surface area contributed by atoms with E-state index >= 15 is 0 Å². The molecule has 138 valence electrons. The van der Waals surface area contributed by atoms with Crippen molar-refractivity contribution in [3.8, 4) is 11.5 Å². The summed E-state index contributed by atoms with van der Waals surface area (Å²) in [5.41, 5.74) is 0.953. The first kappa shape index (κ1) is 19.3. The van der Waals surface area contributed by atoms with Gasteiger partial charge in [0.1, 0.15) is 11.5 Å². The van der Waals surface area contributed by atoms with E-state index < -0.39 is 12.1 Å². The molecule has 0 aromatic heterocycles. The third-order valence-electron chi connectivity index (χ3n) is 3.47. The van der Waals surface area contributed by atoms with Crippen molar-refractivity contribution in [2.45, 2.75) is 26.9 Å². The Labute approximate surface area is 153 Å². The van der Waals surface area contributed by atoms with Gasteiger partial charge in [-0.15, -0.1) is 0 Å². The quantitative estimate of drug-likeness (QED) is 0.730. The SMILES string of the molecule is CCOC(=O)c1cccc(OC(C)C(=O)Nc2ccccc2OCC)c1. The lowest BCUT2D eigenvalue weighted by Crippen LogP contribution is -2.30. The number of hydrogen-bond acceptors (Lipinski definition) is 5. The second kappa shape index (κ2) is 9.46. The molecule has 0 spiro atoms. The summed E-state index contributed by atoms with van der Waals surface area (Å²) in [5, 5.41) is 2.79. The van der Waals surface area contributed by atoms with Gasteiger partial charge < -0.3 is 19.5 Å². The van der Waals surface area contributed by atoms with E-state index in [1.54, 1.807) is 50.2 Å². The maximum Gasteiger partial charge on any atom is 0.338 e. The van der Waals surface area contributed by atoms with Crippen LogP contribution in [0.1, 0.15) is 31.1 Å². The number of rotatable bonds is 8. The van der Waals surface area contributed by atoms with Gasteiger partial charge in [-0.3, -0.25) is 4.79 Å². The topological polar surface area (TPSA) is 73.9 Å². The fourth-order valence-electron chi connectivity index (χ4n) is 2.25. The van der Waals surface area contributed by atoms with Gasteiger partial charge in [0, 0.05) is 0 Å². The minimum Gasteiger partial charge on any atom is -0.492 e. The summed E-state index contributed by atoms with van der Waals surface area (Å²) in [7, 11) is 0. The summed E-state index contributed by atoms with van der Waals surface area (Å²) >= 11 is 0. The van der Waals surface area contributed by atoms with Gasteiger partial charge in [0.15, 0.2) is 6.10 Å². The summed E-state index contributed by atoms with van der Waals surface area (Å²) in [4.78, 5) is 24.2. The smallest absolute Gasteiger partial charge is 0.338 e. The van der Waals surface area contributed by atoms with Crippen LogP contribution >= 0.6 is 0 Å². The zero-order valence-corrected chi connectivity index (χ0v) is 15.2. The van der Waals surface area contributed by atoms with Crippen LogP contribution < -0.4 is 14.8 Å². The van der Waals surface area contributed by atoms with Crippen LogP contribution in [0.3, 0.4) is 0 Å². The maximum absolute atomic E-state index is 12.4. The molecule has 1 amide bonds. The number of benzene rings is 2. The van der Waals surface area contributed by atoms with E-state index in [0.29, 0.717) is 36.0 Å². The van der Waals surface area contributed by atoms with Crippen molar-refractivity contribution in [2.24, 2.45) is 0 Å². The average molecular weight is 357 g/mol. The highest BCUT2D eigenvalue weighted by Crippen LogP contribution is 2.24. The zero-order chi connectivity index (χ0) is 18.9. The molecule has 0 bridgehead atoms. The van der Waals surface area contributed by atoms with Crippen LogP contribution in [0, 0.1) is 0 Å². The molecular formula is C20H23NO5. The molecule has 0 radical (unpaired) electrons. The van der Waals surface area contributed by atoms with E-state index in [0.717, 1.165) is 0 Å². The predicted molar refractivity (Wildman–Crippen MR) is 98.7 cm³/mol. The molecule has 6 nitrogen and oxygen atoms in total. The predicted octanol–water partition coefficient (Wildman–Crippen LogP) is 3.67. The standard InChI is InChI=1S/C20H23NO5/c1-4-24-18-12-7-6-11-17(18)21-19(22)14(3)26-16-10-8-9-15(13-16)20(23)25-5-2/h6-14H,4-5H2,1-3H3,(H,21,22). The van der Waals surface area contributed by atoms with E-state index in [9.17, 15) is 9.59 Å². The summed E-state index contributed by atoms with van der Waals surface area (Å²) in [6, 6.07) is 13.7. The molecule has 0 saturated heterocycles. The van der Waals surface area contributed by atoms with Crippen molar-refractivity contribution in [1.29, 1.82) is 0 Å². The minimum atomic E-state index is -0.762. The van der Waals surface area contributed by atoms with E-state index in [1.807, 2.05) is 19.1 Å². The molecule has 0 aliphatic rings. The fraction of sp³-hybridized carbons (Fsp3) is 0.300. The van der Waals surface area contributed by atoms with E-state index in [-0.39, 0.29) is 5.91 Å². The first-order valence-electron chi connectivity index (χ1n) is 8.51. The Morgan fingerprint density at radius 2 is 1.81 bits per heavy atom. The van der Waals surface area contributed by atoms with Crippen molar-refractivity contribution in [2.75, 3.05) is 18.5 Å². The van der Waals surface area contributed by atoms with Crippen LogP contribution in [0.25, 0.3) is 0 Å². The highest BCUT2D eigenvalue weighted by Gasteiger charge is 2.17. The molecule has 2 aromatic rings. The number of carbonyl (C=O) groups is 2. The molecule has 0 heterocycles. The van der Waals surface area contributed by atoms with E-state index in [2.05, 4.69) is 5.32 Å². The van der Waals surface area contributed by atoms with E-state index in [1.165, 1.54) is 0 Å². The van der Waals surface area contributed by atoms with Gasteiger partial charge in [-0.2, -0.15) is 0 Å². The third-order valence-corrected chi connectivity index (χ3v) is 3.47. The molecule has 0 fully saturated rings. The highest BCUT2D eigenvalue weighted by molar-refractivity contribution is 5.95. The van der Waals surface area contributed by atoms with Crippen LogP contribution in [0.4, 0.5) is 5.69 Å². The number of ether oxygens (including phenoxy) is 3. The van der Waals surface area contributed by atoms with Crippen LogP contribution in [-0.4, -0.2) is 31.2 Å². The molecule has 1 atom stereocenters. The van der Waals surface area contributed by atoms with Crippen molar-refractivity contribution in [1.82, 2.24) is 0 Å². The van der Waals surface area contributed by atoms with Gasteiger partial charge in [0.05, 0.1) is 24.5 Å². The normalized spacial score (nSPS) is 11.3. The first-order valence-corrected chi connectivity index (χ1v) is 8.51. The molecule has 0 saturated carbocycles. The maximum atomic E-state index is 12.4.